The largest absolute Gasteiger partial charge is 0.396 e. The quantitative estimate of drug-likeness (QED) is 0.623. The first kappa shape index (κ1) is 16.4. The van der Waals surface area contributed by atoms with Gasteiger partial charge in [0.05, 0.1) is 4.92 Å². The van der Waals surface area contributed by atoms with Gasteiger partial charge < -0.3 is 10.4 Å². The molecule has 20 heavy (non-hydrogen) atoms. The highest BCUT2D eigenvalue weighted by molar-refractivity contribution is 6.31. The normalized spacial score (nSPS) is 13.6. The summed E-state index contributed by atoms with van der Waals surface area (Å²) in [6.45, 7) is 3.56. The smallest absolute Gasteiger partial charge is 0.282 e. The van der Waals surface area contributed by atoms with Crippen LogP contribution in [0.25, 0.3) is 0 Å². The Hall–Kier alpha value is -1.66. The molecule has 0 aliphatic heterocycles. The van der Waals surface area contributed by atoms with Gasteiger partial charge in [0.2, 0.25) is 0 Å². The van der Waals surface area contributed by atoms with Crippen molar-refractivity contribution in [3.05, 3.63) is 38.9 Å². The molecule has 0 bridgehead atoms. The highest BCUT2D eigenvalue weighted by Crippen LogP contribution is 2.24. The predicted octanol–water partition coefficient (Wildman–Crippen LogP) is 2.53. The standard InChI is InChI=1S/C13H17ClN2O4/c1-3-13(2,6-7-17)15-12(18)10-8-9(14)4-5-11(10)16(19)20/h4-5,8,17H,3,6-7H2,1-2H3,(H,15,18). The number of aliphatic hydroxyl groups is 1. The van der Waals surface area contributed by atoms with Crippen molar-refractivity contribution in [2.24, 2.45) is 0 Å². The number of amides is 1. The topological polar surface area (TPSA) is 92.5 Å². The molecule has 1 amide bonds. The van der Waals surface area contributed by atoms with E-state index in [0.29, 0.717) is 12.8 Å². The molecule has 0 radical (unpaired) electrons. The summed E-state index contributed by atoms with van der Waals surface area (Å²) in [6, 6.07) is 3.83. The first-order valence-corrected chi connectivity index (χ1v) is 6.58. The second kappa shape index (κ2) is 6.67. The Morgan fingerprint density at radius 1 is 1.55 bits per heavy atom. The van der Waals surface area contributed by atoms with Crippen LogP contribution >= 0.6 is 11.6 Å². The Morgan fingerprint density at radius 2 is 2.20 bits per heavy atom. The molecule has 0 spiro atoms. The lowest BCUT2D eigenvalue weighted by molar-refractivity contribution is -0.385. The number of halogens is 1. The van der Waals surface area contributed by atoms with E-state index in [9.17, 15) is 14.9 Å². The van der Waals surface area contributed by atoms with Gasteiger partial charge in [0.25, 0.3) is 11.6 Å². The van der Waals surface area contributed by atoms with Crippen LogP contribution in [0.2, 0.25) is 5.02 Å². The fourth-order valence-electron chi connectivity index (χ4n) is 1.77. The van der Waals surface area contributed by atoms with E-state index >= 15 is 0 Å². The fourth-order valence-corrected chi connectivity index (χ4v) is 1.94. The van der Waals surface area contributed by atoms with Gasteiger partial charge in [-0.25, -0.2) is 0 Å². The Morgan fingerprint density at radius 3 is 2.70 bits per heavy atom. The number of aliphatic hydroxyl groups excluding tert-OH is 1. The number of carbonyl (C=O) groups is 1. The van der Waals surface area contributed by atoms with Gasteiger partial charge in [-0.15, -0.1) is 0 Å². The minimum absolute atomic E-state index is 0.0811. The van der Waals surface area contributed by atoms with Gasteiger partial charge in [-0.3, -0.25) is 14.9 Å². The molecule has 0 saturated heterocycles. The lowest BCUT2D eigenvalue weighted by Gasteiger charge is -2.28. The van der Waals surface area contributed by atoms with E-state index in [0.717, 1.165) is 0 Å². The molecule has 0 fully saturated rings. The summed E-state index contributed by atoms with van der Waals surface area (Å²) in [6.07, 6.45) is 0.956. The number of nitrogens with one attached hydrogen (secondary N) is 1. The number of nitro groups is 1. The van der Waals surface area contributed by atoms with Gasteiger partial charge in [-0.1, -0.05) is 18.5 Å². The maximum atomic E-state index is 12.2. The van der Waals surface area contributed by atoms with E-state index in [-0.39, 0.29) is 22.9 Å². The van der Waals surface area contributed by atoms with Gasteiger partial charge in [0.15, 0.2) is 0 Å². The molecule has 6 nitrogen and oxygen atoms in total. The van der Waals surface area contributed by atoms with Crippen molar-refractivity contribution in [2.45, 2.75) is 32.2 Å². The zero-order valence-corrected chi connectivity index (χ0v) is 12.1. The fraction of sp³-hybridized carbons (Fsp3) is 0.462. The van der Waals surface area contributed by atoms with E-state index in [4.69, 9.17) is 16.7 Å². The molecule has 0 saturated carbocycles. The number of hydrogen-bond donors (Lipinski definition) is 2. The lowest BCUT2D eigenvalue weighted by Crippen LogP contribution is -2.46. The molecule has 0 heterocycles. The Labute approximate surface area is 121 Å². The number of nitrogens with zero attached hydrogens (tertiary/aromatic N) is 1. The average molecular weight is 301 g/mol. The highest BCUT2D eigenvalue weighted by Gasteiger charge is 2.28. The van der Waals surface area contributed by atoms with Gasteiger partial charge in [0, 0.05) is 23.2 Å². The van der Waals surface area contributed by atoms with Gasteiger partial charge >= 0.3 is 0 Å². The Kier molecular flexibility index (Phi) is 5.47. The molecule has 2 N–H and O–H groups in total. The molecule has 0 aromatic heterocycles. The summed E-state index contributed by atoms with van der Waals surface area (Å²) in [7, 11) is 0. The summed E-state index contributed by atoms with van der Waals surface area (Å²) in [4.78, 5) is 22.5. The van der Waals surface area contributed by atoms with Crippen LogP contribution in [0.4, 0.5) is 5.69 Å². The monoisotopic (exact) mass is 300 g/mol. The Bertz CT molecular complexity index is 521. The van der Waals surface area contributed by atoms with Crippen LogP contribution in [-0.4, -0.2) is 28.1 Å². The minimum Gasteiger partial charge on any atom is -0.396 e. The van der Waals surface area contributed by atoms with E-state index in [1.54, 1.807) is 6.92 Å². The van der Waals surface area contributed by atoms with Gasteiger partial charge in [-0.05, 0) is 31.9 Å². The zero-order valence-electron chi connectivity index (χ0n) is 11.4. The van der Waals surface area contributed by atoms with Gasteiger partial charge in [0.1, 0.15) is 5.56 Å². The first-order valence-electron chi connectivity index (χ1n) is 6.20. The second-order valence-electron chi connectivity index (χ2n) is 4.76. The van der Waals surface area contributed by atoms with Crippen LogP contribution in [0.3, 0.4) is 0 Å². The van der Waals surface area contributed by atoms with Gasteiger partial charge in [-0.2, -0.15) is 0 Å². The van der Waals surface area contributed by atoms with Crippen molar-refractivity contribution in [3.63, 3.8) is 0 Å². The third-order valence-corrected chi connectivity index (χ3v) is 3.49. The van der Waals surface area contributed by atoms with Crippen molar-refractivity contribution < 1.29 is 14.8 Å². The number of rotatable bonds is 6. The van der Waals surface area contributed by atoms with Crippen LogP contribution in [0.1, 0.15) is 37.0 Å². The molecular formula is C13H17ClN2O4. The summed E-state index contributed by atoms with van der Waals surface area (Å²) in [5, 5.41) is 22.9. The summed E-state index contributed by atoms with van der Waals surface area (Å²) < 4.78 is 0. The maximum absolute atomic E-state index is 12.2. The summed E-state index contributed by atoms with van der Waals surface area (Å²) >= 11 is 5.79. The summed E-state index contributed by atoms with van der Waals surface area (Å²) in [5.41, 5.74) is -1.00. The molecule has 0 aliphatic carbocycles. The molecular weight excluding hydrogens is 284 g/mol. The summed E-state index contributed by atoms with van der Waals surface area (Å²) in [5.74, 6) is -0.572. The van der Waals surface area contributed by atoms with E-state index < -0.39 is 16.4 Å². The van der Waals surface area contributed by atoms with Crippen LogP contribution in [-0.2, 0) is 0 Å². The molecule has 7 heteroatoms. The maximum Gasteiger partial charge on any atom is 0.282 e. The van der Waals surface area contributed by atoms with E-state index in [1.807, 2.05) is 6.92 Å². The van der Waals surface area contributed by atoms with Crippen LogP contribution < -0.4 is 5.32 Å². The van der Waals surface area contributed by atoms with E-state index in [1.165, 1.54) is 18.2 Å². The number of hydrogen-bond acceptors (Lipinski definition) is 4. The van der Waals surface area contributed by atoms with E-state index in [2.05, 4.69) is 5.32 Å². The molecule has 1 unspecified atom stereocenters. The lowest BCUT2D eigenvalue weighted by atomic mass is 9.94. The molecule has 1 rings (SSSR count). The molecule has 0 aliphatic rings. The van der Waals surface area contributed by atoms with Crippen molar-refractivity contribution in [2.75, 3.05) is 6.61 Å². The molecule has 110 valence electrons. The number of carbonyl (C=O) groups excluding carboxylic acids is 1. The van der Waals surface area contributed by atoms with Crippen molar-refractivity contribution in [1.82, 2.24) is 5.32 Å². The molecule has 1 atom stereocenters. The van der Waals surface area contributed by atoms with Crippen molar-refractivity contribution in [3.8, 4) is 0 Å². The third-order valence-electron chi connectivity index (χ3n) is 3.26. The van der Waals surface area contributed by atoms with Crippen LogP contribution in [0.5, 0.6) is 0 Å². The first-order chi connectivity index (χ1) is 9.33. The van der Waals surface area contributed by atoms with Crippen LogP contribution in [0.15, 0.2) is 18.2 Å². The Balaban J connectivity index is 3.08. The second-order valence-corrected chi connectivity index (χ2v) is 5.20. The predicted molar refractivity (Wildman–Crippen MR) is 76.0 cm³/mol. The average Bonchev–Trinajstić information content (AvgIpc) is 2.38. The molecule has 1 aromatic carbocycles. The molecule has 1 aromatic rings. The SMILES string of the molecule is CCC(C)(CCO)NC(=O)c1cc(Cl)ccc1[N+](=O)[O-]. The van der Waals surface area contributed by atoms with Crippen LogP contribution in [0, 0.1) is 10.1 Å². The third kappa shape index (κ3) is 3.91. The number of nitro benzene ring substituents is 1. The minimum atomic E-state index is -0.624. The highest BCUT2D eigenvalue weighted by atomic mass is 35.5. The van der Waals surface area contributed by atoms with Crippen molar-refractivity contribution in [1.29, 1.82) is 0 Å². The zero-order chi connectivity index (χ0) is 15.3. The number of benzene rings is 1. The van der Waals surface area contributed by atoms with Crippen molar-refractivity contribution >= 4 is 23.2 Å².